The van der Waals surface area contributed by atoms with Crippen LogP contribution in [0.25, 0.3) is 0 Å². The van der Waals surface area contributed by atoms with Gasteiger partial charge in [0.15, 0.2) is 11.5 Å². The summed E-state index contributed by atoms with van der Waals surface area (Å²) in [6, 6.07) is 4.98. The average Bonchev–Trinajstić information content (AvgIpc) is 2.72. The molecule has 86 valence electrons. The van der Waals surface area contributed by atoms with Gasteiger partial charge in [0.1, 0.15) is 0 Å². The van der Waals surface area contributed by atoms with Crippen molar-refractivity contribution in [2.45, 2.75) is 13.0 Å². The van der Waals surface area contributed by atoms with Crippen LogP contribution in [-0.4, -0.2) is 30.5 Å². The Morgan fingerprint density at radius 1 is 1.50 bits per heavy atom. The standard InChI is InChI=1S/C11H13NO4/c1-7(13)5-12-11(14)8-2-3-9-10(4-8)16-6-15-9/h2-4,7,13H,5-6H2,1H3,(H,12,14)/t7-/m1/s1. The molecule has 16 heavy (non-hydrogen) atoms. The van der Waals surface area contributed by atoms with Crippen molar-refractivity contribution in [1.82, 2.24) is 5.32 Å². The Hall–Kier alpha value is -1.75. The van der Waals surface area contributed by atoms with Gasteiger partial charge in [0, 0.05) is 12.1 Å². The van der Waals surface area contributed by atoms with Crippen LogP contribution in [0.2, 0.25) is 0 Å². The molecule has 5 heteroatoms. The molecule has 0 saturated carbocycles. The van der Waals surface area contributed by atoms with E-state index in [0.717, 1.165) is 0 Å². The lowest BCUT2D eigenvalue weighted by Gasteiger charge is -2.07. The van der Waals surface area contributed by atoms with Gasteiger partial charge in [-0.25, -0.2) is 0 Å². The first kappa shape index (κ1) is 10.8. The minimum atomic E-state index is -0.557. The molecule has 1 aliphatic heterocycles. The number of hydrogen-bond donors (Lipinski definition) is 2. The Morgan fingerprint density at radius 3 is 3.00 bits per heavy atom. The topological polar surface area (TPSA) is 67.8 Å². The number of aliphatic hydroxyl groups excluding tert-OH is 1. The third-order valence-corrected chi connectivity index (χ3v) is 2.19. The summed E-state index contributed by atoms with van der Waals surface area (Å²) in [5.41, 5.74) is 0.491. The van der Waals surface area contributed by atoms with Crippen molar-refractivity contribution in [2.75, 3.05) is 13.3 Å². The monoisotopic (exact) mass is 223 g/mol. The van der Waals surface area contributed by atoms with E-state index in [1.54, 1.807) is 25.1 Å². The number of aliphatic hydroxyl groups is 1. The van der Waals surface area contributed by atoms with Crippen LogP contribution in [0.5, 0.6) is 11.5 Å². The van der Waals surface area contributed by atoms with E-state index in [0.29, 0.717) is 17.1 Å². The normalized spacial score (nSPS) is 14.6. The largest absolute Gasteiger partial charge is 0.454 e. The lowest BCUT2D eigenvalue weighted by Crippen LogP contribution is -2.30. The van der Waals surface area contributed by atoms with Gasteiger partial charge in [0.2, 0.25) is 6.79 Å². The Balaban J connectivity index is 2.06. The van der Waals surface area contributed by atoms with Crippen molar-refractivity contribution in [3.8, 4) is 11.5 Å². The highest BCUT2D eigenvalue weighted by molar-refractivity contribution is 5.94. The van der Waals surface area contributed by atoms with Crippen LogP contribution < -0.4 is 14.8 Å². The van der Waals surface area contributed by atoms with Crippen molar-refractivity contribution in [2.24, 2.45) is 0 Å². The minimum Gasteiger partial charge on any atom is -0.454 e. The molecular weight excluding hydrogens is 210 g/mol. The summed E-state index contributed by atoms with van der Waals surface area (Å²) in [4.78, 5) is 11.6. The van der Waals surface area contributed by atoms with Crippen LogP contribution in [0.15, 0.2) is 18.2 Å². The fourth-order valence-electron chi connectivity index (χ4n) is 1.38. The van der Waals surface area contributed by atoms with E-state index in [1.807, 2.05) is 0 Å². The lowest BCUT2D eigenvalue weighted by molar-refractivity contribution is 0.0923. The van der Waals surface area contributed by atoms with Gasteiger partial charge < -0.3 is 19.9 Å². The summed E-state index contributed by atoms with van der Waals surface area (Å²) in [7, 11) is 0. The third-order valence-electron chi connectivity index (χ3n) is 2.19. The maximum absolute atomic E-state index is 11.6. The molecule has 0 bridgehead atoms. The van der Waals surface area contributed by atoms with E-state index < -0.39 is 6.10 Å². The highest BCUT2D eigenvalue weighted by Gasteiger charge is 2.16. The molecule has 0 unspecified atom stereocenters. The van der Waals surface area contributed by atoms with Gasteiger partial charge in [-0.15, -0.1) is 0 Å². The Morgan fingerprint density at radius 2 is 2.25 bits per heavy atom. The molecule has 1 aromatic rings. The zero-order valence-electron chi connectivity index (χ0n) is 8.90. The third kappa shape index (κ3) is 2.25. The molecular formula is C11H13NO4. The molecule has 0 aromatic heterocycles. The Bertz CT molecular complexity index is 403. The van der Waals surface area contributed by atoms with Crippen LogP contribution in [-0.2, 0) is 0 Å². The molecule has 1 amide bonds. The van der Waals surface area contributed by atoms with E-state index in [1.165, 1.54) is 0 Å². The smallest absolute Gasteiger partial charge is 0.251 e. The summed E-state index contributed by atoms with van der Waals surface area (Å²) in [5.74, 6) is 0.982. The van der Waals surface area contributed by atoms with Gasteiger partial charge in [-0.2, -0.15) is 0 Å². The quantitative estimate of drug-likeness (QED) is 0.784. The predicted octanol–water partition coefficient (Wildman–Crippen LogP) is 0.526. The molecule has 1 aliphatic rings. The Labute approximate surface area is 93.0 Å². The van der Waals surface area contributed by atoms with Crippen molar-refractivity contribution in [3.63, 3.8) is 0 Å². The molecule has 0 radical (unpaired) electrons. The number of fused-ring (bicyclic) bond motifs is 1. The van der Waals surface area contributed by atoms with E-state index in [2.05, 4.69) is 5.32 Å². The molecule has 1 heterocycles. The molecule has 0 saturated heterocycles. The number of amides is 1. The van der Waals surface area contributed by atoms with Gasteiger partial charge in [-0.1, -0.05) is 0 Å². The SMILES string of the molecule is C[C@@H](O)CNC(=O)c1ccc2c(c1)OCO2. The van der Waals surface area contributed by atoms with Crippen LogP contribution in [0.4, 0.5) is 0 Å². The van der Waals surface area contributed by atoms with E-state index in [4.69, 9.17) is 14.6 Å². The lowest BCUT2D eigenvalue weighted by atomic mass is 10.2. The molecule has 2 rings (SSSR count). The number of hydrogen-bond acceptors (Lipinski definition) is 4. The second-order valence-corrected chi connectivity index (χ2v) is 3.63. The van der Waals surface area contributed by atoms with Crippen molar-refractivity contribution >= 4 is 5.91 Å². The maximum atomic E-state index is 11.6. The van der Waals surface area contributed by atoms with E-state index in [9.17, 15) is 4.79 Å². The van der Waals surface area contributed by atoms with E-state index >= 15 is 0 Å². The first-order valence-corrected chi connectivity index (χ1v) is 5.03. The van der Waals surface area contributed by atoms with Gasteiger partial charge in [0.25, 0.3) is 5.91 Å². The Kier molecular flexibility index (Phi) is 2.96. The number of rotatable bonds is 3. The second kappa shape index (κ2) is 4.40. The van der Waals surface area contributed by atoms with Gasteiger partial charge >= 0.3 is 0 Å². The zero-order valence-corrected chi connectivity index (χ0v) is 8.90. The fourth-order valence-corrected chi connectivity index (χ4v) is 1.38. The molecule has 0 spiro atoms. The van der Waals surface area contributed by atoms with Crippen molar-refractivity contribution in [1.29, 1.82) is 0 Å². The van der Waals surface area contributed by atoms with Crippen LogP contribution in [0.3, 0.4) is 0 Å². The summed E-state index contributed by atoms with van der Waals surface area (Å²) in [5, 5.41) is 11.6. The van der Waals surface area contributed by atoms with E-state index in [-0.39, 0.29) is 19.2 Å². The summed E-state index contributed by atoms with van der Waals surface area (Å²) in [6.45, 7) is 2.03. The number of benzene rings is 1. The average molecular weight is 223 g/mol. The minimum absolute atomic E-state index is 0.189. The van der Waals surface area contributed by atoms with Gasteiger partial charge in [-0.05, 0) is 25.1 Å². The number of ether oxygens (including phenoxy) is 2. The highest BCUT2D eigenvalue weighted by atomic mass is 16.7. The number of nitrogens with one attached hydrogen (secondary N) is 1. The van der Waals surface area contributed by atoms with Crippen LogP contribution in [0.1, 0.15) is 17.3 Å². The maximum Gasteiger partial charge on any atom is 0.251 e. The fraction of sp³-hybridized carbons (Fsp3) is 0.364. The second-order valence-electron chi connectivity index (χ2n) is 3.63. The van der Waals surface area contributed by atoms with Crippen molar-refractivity contribution in [3.05, 3.63) is 23.8 Å². The van der Waals surface area contributed by atoms with Crippen LogP contribution >= 0.6 is 0 Å². The molecule has 1 atom stereocenters. The highest BCUT2D eigenvalue weighted by Crippen LogP contribution is 2.32. The first-order chi connectivity index (χ1) is 7.66. The number of carbonyl (C=O) groups excluding carboxylic acids is 1. The summed E-state index contributed by atoms with van der Waals surface area (Å²) in [6.07, 6.45) is -0.557. The molecule has 0 fully saturated rings. The first-order valence-electron chi connectivity index (χ1n) is 5.03. The van der Waals surface area contributed by atoms with Crippen molar-refractivity contribution < 1.29 is 19.4 Å². The molecule has 0 aliphatic carbocycles. The molecule has 5 nitrogen and oxygen atoms in total. The molecule has 2 N–H and O–H groups in total. The number of carbonyl (C=O) groups is 1. The van der Waals surface area contributed by atoms with Gasteiger partial charge in [0.05, 0.1) is 6.10 Å². The summed E-state index contributed by atoms with van der Waals surface area (Å²) < 4.78 is 10.3. The zero-order chi connectivity index (χ0) is 11.5. The summed E-state index contributed by atoms with van der Waals surface area (Å²) >= 11 is 0. The van der Waals surface area contributed by atoms with Gasteiger partial charge in [-0.3, -0.25) is 4.79 Å². The van der Waals surface area contributed by atoms with Crippen LogP contribution in [0, 0.1) is 0 Å². The molecule has 1 aromatic carbocycles. The predicted molar refractivity (Wildman–Crippen MR) is 56.6 cm³/mol.